The quantitative estimate of drug-likeness (QED) is 0.0269. The van der Waals surface area contributed by atoms with Gasteiger partial charge in [-0.15, -0.1) is 0 Å². The maximum atomic E-state index is 2.68. The summed E-state index contributed by atoms with van der Waals surface area (Å²) in [6.45, 7) is 20.1. The van der Waals surface area contributed by atoms with Gasteiger partial charge in [-0.05, 0) is 260 Å². The highest BCUT2D eigenvalue weighted by Gasteiger charge is 2.26. The van der Waals surface area contributed by atoms with E-state index in [2.05, 4.69) is 348 Å². The van der Waals surface area contributed by atoms with Crippen LogP contribution < -0.4 is 0 Å². The minimum Gasteiger partial charge on any atom is -0.340 e. The van der Waals surface area contributed by atoms with Crippen molar-refractivity contribution in [2.75, 3.05) is 0 Å². The minimum atomic E-state index is 0.990. The summed E-state index contributed by atoms with van der Waals surface area (Å²) in [5, 5.41) is 21.2. The summed E-state index contributed by atoms with van der Waals surface area (Å²) in [5.41, 5.74) is 31.3. The van der Waals surface area contributed by atoms with Gasteiger partial charge in [-0.2, -0.15) is 0 Å². The van der Waals surface area contributed by atoms with Crippen LogP contribution in [-0.4, -0.2) is 27.4 Å². The molecule has 6 aromatic heterocycles. The van der Waals surface area contributed by atoms with Gasteiger partial charge in [0.1, 0.15) is 0 Å². The lowest BCUT2D eigenvalue weighted by atomic mass is 9.85. The molecule has 0 N–H and O–H groups in total. The van der Waals surface area contributed by atoms with Gasteiger partial charge < -0.3 is 27.4 Å². The van der Waals surface area contributed by atoms with Crippen molar-refractivity contribution in [2.45, 2.75) is 312 Å². The molecule has 0 unspecified atom stereocenters. The van der Waals surface area contributed by atoms with Crippen molar-refractivity contribution in [3.05, 3.63) is 279 Å². The van der Waals surface area contributed by atoms with Crippen molar-refractivity contribution in [3.63, 3.8) is 0 Å². The molecule has 0 saturated heterocycles. The van der Waals surface area contributed by atoms with Gasteiger partial charge in [0, 0.05) is 170 Å². The van der Waals surface area contributed by atoms with Gasteiger partial charge >= 0.3 is 0 Å². The first-order valence-electron chi connectivity index (χ1n) is 55.5. The van der Waals surface area contributed by atoms with Crippen LogP contribution in [0.4, 0.5) is 0 Å². The molecular formula is C134H148N6. The van der Waals surface area contributed by atoms with E-state index in [1.165, 1.54) is 437 Å². The monoisotopic (exact) mass is 1840 g/mol. The normalized spacial score (nSPS) is 12.3. The highest BCUT2D eigenvalue weighted by molar-refractivity contribution is 6.24. The van der Waals surface area contributed by atoms with E-state index in [1.54, 1.807) is 0 Å². The molecular weight excluding hydrogens is 1690 g/mol. The Morgan fingerprint density at radius 1 is 0.121 bits per heavy atom. The number of para-hydroxylation sites is 2. The molecule has 6 heterocycles. The lowest BCUT2D eigenvalue weighted by molar-refractivity contribution is 0.571. The summed E-state index contributed by atoms with van der Waals surface area (Å²) in [6, 6.07) is 111. The zero-order chi connectivity index (χ0) is 94.8. The second kappa shape index (κ2) is 43.8. The number of aryl methyl sites for hydroxylation is 6. The Labute approximate surface area is 831 Å². The first-order chi connectivity index (χ1) is 69.3. The van der Waals surface area contributed by atoms with Crippen molar-refractivity contribution in [1.82, 2.24) is 27.4 Å². The molecule has 0 saturated carbocycles. The fraction of sp³-hybridized carbons (Fsp3) is 0.358. The number of rotatable bonds is 48. The van der Waals surface area contributed by atoms with Crippen LogP contribution in [0.5, 0.6) is 0 Å². The maximum absolute atomic E-state index is 2.68. The molecule has 21 aromatic rings. The van der Waals surface area contributed by atoms with E-state index in [0.29, 0.717) is 0 Å². The summed E-state index contributed by atoms with van der Waals surface area (Å²) in [4.78, 5) is 0. The highest BCUT2D eigenvalue weighted by atomic mass is 15.0. The van der Waals surface area contributed by atoms with Crippen molar-refractivity contribution < 1.29 is 0 Å². The Morgan fingerprint density at radius 3 is 0.443 bits per heavy atom. The van der Waals surface area contributed by atoms with E-state index in [9.17, 15) is 0 Å². The highest BCUT2D eigenvalue weighted by Crippen LogP contribution is 2.49. The fourth-order valence-electron chi connectivity index (χ4n) is 24.8. The predicted molar refractivity (Wildman–Crippen MR) is 612 cm³/mol. The second-order valence-electron chi connectivity index (χ2n) is 41.7. The lowest BCUT2D eigenvalue weighted by Gasteiger charge is -2.18. The summed E-state index contributed by atoms with van der Waals surface area (Å²) in [6.07, 6.45) is 45.9. The van der Waals surface area contributed by atoms with Crippen LogP contribution in [0.3, 0.4) is 0 Å². The first kappa shape index (κ1) is 93.9. The average molecular weight is 1840 g/mol. The Kier molecular flexibility index (Phi) is 29.4. The molecule has 0 fully saturated rings. The number of benzene rings is 15. The molecule has 6 heteroatoms. The van der Waals surface area contributed by atoms with Crippen LogP contribution >= 0.6 is 0 Å². The zero-order valence-corrected chi connectivity index (χ0v) is 84.9. The molecule has 714 valence electrons. The molecule has 6 nitrogen and oxygen atoms in total. The third kappa shape index (κ3) is 18.9. The number of hydrogen-bond acceptors (Lipinski definition) is 0. The lowest BCUT2D eigenvalue weighted by Crippen LogP contribution is -1.98. The molecule has 0 aliphatic carbocycles. The number of unbranched alkanes of at least 4 members (excludes halogenated alkanes) is 30. The van der Waals surface area contributed by atoms with Crippen molar-refractivity contribution in [1.29, 1.82) is 0 Å². The molecule has 0 bridgehead atoms. The van der Waals surface area contributed by atoms with Gasteiger partial charge in [0.05, 0.1) is 0 Å². The third-order valence-electron chi connectivity index (χ3n) is 32.3. The molecule has 0 amide bonds. The average Bonchev–Trinajstić information content (AvgIpc) is 1.32. The van der Waals surface area contributed by atoms with Crippen molar-refractivity contribution >= 4 is 152 Å². The summed E-state index contributed by atoms with van der Waals surface area (Å²) in [7, 11) is 0. The Hall–Kier alpha value is -12.4. The van der Waals surface area contributed by atoms with Gasteiger partial charge in [0.15, 0.2) is 0 Å². The van der Waals surface area contributed by atoms with Crippen molar-refractivity contribution in [2.24, 2.45) is 0 Å². The van der Waals surface area contributed by atoms with Gasteiger partial charge in [0.2, 0.25) is 0 Å². The molecule has 15 aromatic carbocycles. The number of fused-ring (bicyclic) bond motifs is 20. The summed E-state index contributed by atoms with van der Waals surface area (Å²) >= 11 is 0. The van der Waals surface area contributed by atoms with E-state index < -0.39 is 0 Å². The van der Waals surface area contributed by atoms with Crippen LogP contribution in [-0.2, 0) is 39.3 Å². The molecule has 0 aliphatic rings. The molecule has 0 atom stereocenters. The molecule has 21 rings (SSSR count). The molecule has 0 radical (unpaired) electrons. The van der Waals surface area contributed by atoms with Gasteiger partial charge in [-0.1, -0.05) is 380 Å². The van der Waals surface area contributed by atoms with Crippen LogP contribution in [0.15, 0.2) is 279 Å². The largest absolute Gasteiger partial charge is 0.340 e. The first-order valence-corrected chi connectivity index (χ1v) is 55.5. The smallest absolute Gasteiger partial charge is 0.0491 e. The molecule has 140 heavy (non-hydrogen) atoms. The third-order valence-corrected chi connectivity index (χ3v) is 32.3. The summed E-state index contributed by atoms with van der Waals surface area (Å²) in [5.74, 6) is 0. The fourth-order valence-corrected chi connectivity index (χ4v) is 24.8. The molecule has 0 spiro atoms. The van der Waals surface area contributed by atoms with Gasteiger partial charge in [0.25, 0.3) is 0 Å². The van der Waals surface area contributed by atoms with Crippen LogP contribution in [0.1, 0.15) is 273 Å². The van der Waals surface area contributed by atoms with Crippen LogP contribution in [0.2, 0.25) is 0 Å². The second-order valence-corrected chi connectivity index (χ2v) is 41.7. The topological polar surface area (TPSA) is 29.6 Å². The van der Waals surface area contributed by atoms with Gasteiger partial charge in [-0.25, -0.2) is 0 Å². The standard InChI is InChI=1S/C134H148N6/c1-7-13-19-25-31-45-79-135-121-57-43-41-51-105(121)111-85-95(59-69-123(111)135)97-61-71-125-113(87-97)115-89-99(63-73-127(115)137(125)81-47-33-27-21-15-9-3)101-65-75-129-117(91-101)119-93-103(67-77-131(119)139(129)83-49-35-29-23-17-11-5)133-107-53-37-39-55-109(107)134(110-56-40-38-54-108(110)133)104-68-78-132-120(94-104)118-92-102(66-76-130(118)140(132)84-50-36-30-24-18-12-6)100-64-74-128-116(90-100)114-88-98(62-72-126(114)138(128)82-48-34-28-22-16-10-4)96-60-70-124-112(86-96)106-52-42-44-58-122(106)136(124)80-46-32-26-20-14-8-2/h37-44,51-78,85-94H,7-36,45-50,79-84H2,1-6H3. The van der Waals surface area contributed by atoms with E-state index in [0.717, 1.165) is 52.1 Å². The summed E-state index contributed by atoms with van der Waals surface area (Å²) < 4.78 is 15.9. The Bertz CT molecular complexity index is 7460. The zero-order valence-electron chi connectivity index (χ0n) is 84.9. The Morgan fingerprint density at radius 2 is 0.257 bits per heavy atom. The predicted octanol–water partition coefficient (Wildman–Crippen LogP) is 40.8. The Balaban J connectivity index is 0.658. The van der Waals surface area contributed by atoms with Crippen molar-refractivity contribution in [3.8, 4) is 66.8 Å². The number of nitrogens with zero attached hydrogens (tertiary/aromatic N) is 6. The van der Waals surface area contributed by atoms with E-state index in [1.807, 2.05) is 0 Å². The van der Waals surface area contributed by atoms with E-state index >= 15 is 0 Å². The van der Waals surface area contributed by atoms with Gasteiger partial charge in [-0.3, -0.25) is 0 Å². The minimum absolute atomic E-state index is 0.990. The number of hydrogen-bond donors (Lipinski definition) is 0. The van der Waals surface area contributed by atoms with Crippen LogP contribution in [0.25, 0.3) is 219 Å². The van der Waals surface area contributed by atoms with E-state index in [-0.39, 0.29) is 0 Å². The molecule has 0 aliphatic heterocycles. The van der Waals surface area contributed by atoms with E-state index in [4.69, 9.17) is 0 Å². The SMILES string of the molecule is CCCCCCCCn1c2ccccc2c2cc(-c3ccc4c(c3)c3cc(-c5ccc6c(c5)c5cc(-c7c8ccccc8c(-c8ccc9c(c8)c8cc(-c%10ccc%11c(c%10)c%10cc(-c%12ccc%13c(c%12)c%12ccccc%12n%13CCCCCCCC)ccc%10n%11CCCCCCCC)ccc8n9CCCCCCCC)c8ccccc78)ccc5n6CCCCCCCC)ccc3n4CCCCCCCC)ccc21. The van der Waals surface area contributed by atoms with Crippen LogP contribution in [0, 0.1) is 0 Å². The maximum Gasteiger partial charge on any atom is 0.0491 e. The number of aromatic nitrogens is 6.